The Hall–Kier alpha value is -3.93. The highest BCUT2D eigenvalue weighted by Crippen LogP contribution is 2.31. The summed E-state index contributed by atoms with van der Waals surface area (Å²) in [6, 6.07) is 24.0. The standard InChI is InChI=1S/C28H28N4O2/c1-19-12-13-23-22(18-19)26(20-8-4-3-5-9-20)31-28(30-23)32-16-14-21(15-17-32)27(33)29-24-10-6-7-11-25(24)34-2/h3-13,18,21H,14-17H2,1-2H3,(H,29,33). The first-order valence-electron chi connectivity index (χ1n) is 11.6. The summed E-state index contributed by atoms with van der Waals surface area (Å²) < 4.78 is 5.36. The van der Waals surface area contributed by atoms with E-state index in [4.69, 9.17) is 14.7 Å². The number of piperidine rings is 1. The number of benzene rings is 3. The summed E-state index contributed by atoms with van der Waals surface area (Å²) >= 11 is 0. The van der Waals surface area contributed by atoms with Gasteiger partial charge in [-0.3, -0.25) is 4.79 Å². The molecule has 0 atom stereocenters. The second kappa shape index (κ2) is 9.51. The Morgan fingerprint density at radius 1 is 0.971 bits per heavy atom. The first-order valence-corrected chi connectivity index (χ1v) is 11.6. The van der Waals surface area contributed by atoms with Crippen molar-refractivity contribution in [1.82, 2.24) is 9.97 Å². The van der Waals surface area contributed by atoms with Crippen LogP contribution in [0, 0.1) is 12.8 Å². The van der Waals surface area contributed by atoms with E-state index in [0.717, 1.165) is 54.0 Å². The van der Waals surface area contributed by atoms with Crippen molar-refractivity contribution in [3.63, 3.8) is 0 Å². The van der Waals surface area contributed by atoms with Gasteiger partial charge in [0.15, 0.2) is 0 Å². The van der Waals surface area contributed by atoms with E-state index in [0.29, 0.717) is 11.4 Å². The lowest BCUT2D eigenvalue weighted by Crippen LogP contribution is -2.39. The molecule has 5 rings (SSSR count). The normalized spacial score (nSPS) is 14.2. The Kier molecular flexibility index (Phi) is 6.12. The zero-order valence-electron chi connectivity index (χ0n) is 19.5. The first kappa shape index (κ1) is 21.9. The third-order valence-corrected chi connectivity index (χ3v) is 6.40. The van der Waals surface area contributed by atoms with Crippen LogP contribution in [0.2, 0.25) is 0 Å². The van der Waals surface area contributed by atoms with Gasteiger partial charge in [-0.1, -0.05) is 54.1 Å². The molecule has 2 heterocycles. The summed E-state index contributed by atoms with van der Waals surface area (Å²) in [5, 5.41) is 4.09. The summed E-state index contributed by atoms with van der Waals surface area (Å²) in [4.78, 5) is 25.0. The van der Waals surface area contributed by atoms with E-state index in [2.05, 4.69) is 47.5 Å². The summed E-state index contributed by atoms with van der Waals surface area (Å²) in [7, 11) is 1.61. The number of ether oxygens (including phenoxy) is 1. The number of amides is 1. The molecule has 0 saturated carbocycles. The maximum Gasteiger partial charge on any atom is 0.227 e. The molecule has 1 amide bonds. The van der Waals surface area contributed by atoms with E-state index in [1.165, 1.54) is 5.56 Å². The van der Waals surface area contributed by atoms with Crippen LogP contribution in [0.15, 0.2) is 72.8 Å². The Labute approximate surface area is 199 Å². The molecule has 0 spiro atoms. The number of anilines is 2. The van der Waals surface area contributed by atoms with Gasteiger partial charge in [-0.2, -0.15) is 0 Å². The molecule has 1 fully saturated rings. The number of para-hydroxylation sites is 2. The Morgan fingerprint density at radius 3 is 2.47 bits per heavy atom. The molecule has 6 heteroatoms. The van der Waals surface area contributed by atoms with Crippen molar-refractivity contribution in [3.8, 4) is 17.0 Å². The molecule has 0 radical (unpaired) electrons. The van der Waals surface area contributed by atoms with Crippen molar-refractivity contribution in [2.45, 2.75) is 19.8 Å². The first-order chi connectivity index (χ1) is 16.6. The molecule has 1 aliphatic heterocycles. The number of methoxy groups -OCH3 is 1. The van der Waals surface area contributed by atoms with Gasteiger partial charge < -0.3 is 15.0 Å². The molecule has 1 aromatic heterocycles. The number of carbonyl (C=O) groups excluding carboxylic acids is 1. The van der Waals surface area contributed by atoms with Crippen LogP contribution in [-0.4, -0.2) is 36.1 Å². The highest BCUT2D eigenvalue weighted by Gasteiger charge is 2.27. The minimum atomic E-state index is -0.0575. The van der Waals surface area contributed by atoms with Gasteiger partial charge in [0.25, 0.3) is 0 Å². The number of fused-ring (bicyclic) bond motifs is 1. The Morgan fingerprint density at radius 2 is 1.71 bits per heavy atom. The molecule has 34 heavy (non-hydrogen) atoms. The second-order valence-electron chi connectivity index (χ2n) is 8.71. The minimum absolute atomic E-state index is 0.0315. The van der Waals surface area contributed by atoms with Gasteiger partial charge in [-0.15, -0.1) is 0 Å². The van der Waals surface area contributed by atoms with Gasteiger partial charge >= 0.3 is 0 Å². The predicted octanol–water partition coefficient (Wildman–Crippen LogP) is 5.47. The molecule has 1 N–H and O–H groups in total. The van der Waals surface area contributed by atoms with Gasteiger partial charge in [-0.25, -0.2) is 9.97 Å². The number of nitrogens with zero attached hydrogens (tertiary/aromatic N) is 3. The van der Waals surface area contributed by atoms with Gasteiger partial charge in [0.05, 0.1) is 24.0 Å². The zero-order chi connectivity index (χ0) is 23.5. The van der Waals surface area contributed by atoms with E-state index in [1.807, 2.05) is 42.5 Å². The quantitative estimate of drug-likeness (QED) is 0.435. The van der Waals surface area contributed by atoms with Crippen LogP contribution in [0.5, 0.6) is 5.75 Å². The van der Waals surface area contributed by atoms with Crippen LogP contribution in [0.25, 0.3) is 22.2 Å². The second-order valence-corrected chi connectivity index (χ2v) is 8.71. The lowest BCUT2D eigenvalue weighted by molar-refractivity contribution is -0.120. The summed E-state index contributed by atoms with van der Waals surface area (Å²) in [5.74, 6) is 1.36. The number of nitrogens with one attached hydrogen (secondary N) is 1. The van der Waals surface area contributed by atoms with Crippen molar-refractivity contribution in [2.75, 3.05) is 30.4 Å². The zero-order valence-corrected chi connectivity index (χ0v) is 19.5. The summed E-state index contributed by atoms with van der Waals surface area (Å²) in [6.45, 7) is 3.55. The van der Waals surface area contributed by atoms with Gasteiger partial charge in [0.1, 0.15) is 5.75 Å². The average molecular weight is 453 g/mol. The monoisotopic (exact) mass is 452 g/mol. The number of aryl methyl sites for hydroxylation is 1. The van der Waals surface area contributed by atoms with Crippen molar-refractivity contribution in [2.24, 2.45) is 5.92 Å². The molecule has 1 saturated heterocycles. The van der Waals surface area contributed by atoms with Gasteiger partial charge in [0.2, 0.25) is 11.9 Å². The SMILES string of the molecule is COc1ccccc1NC(=O)C1CCN(c2nc(-c3ccccc3)c3cc(C)ccc3n2)CC1. The largest absolute Gasteiger partial charge is 0.495 e. The maximum atomic E-state index is 12.9. The fourth-order valence-corrected chi connectivity index (χ4v) is 4.51. The predicted molar refractivity (Wildman–Crippen MR) is 136 cm³/mol. The number of hydrogen-bond acceptors (Lipinski definition) is 5. The van der Waals surface area contributed by atoms with Crippen LogP contribution in [0.4, 0.5) is 11.6 Å². The van der Waals surface area contributed by atoms with E-state index in [1.54, 1.807) is 7.11 Å². The molecule has 1 aliphatic rings. The molecule has 6 nitrogen and oxygen atoms in total. The topological polar surface area (TPSA) is 67.3 Å². The molecule has 3 aromatic carbocycles. The number of rotatable bonds is 5. The van der Waals surface area contributed by atoms with Crippen LogP contribution in [0.1, 0.15) is 18.4 Å². The Balaban J connectivity index is 1.36. The van der Waals surface area contributed by atoms with E-state index >= 15 is 0 Å². The number of aromatic nitrogens is 2. The van der Waals surface area contributed by atoms with Gasteiger partial charge in [0, 0.05) is 30.0 Å². The summed E-state index contributed by atoms with van der Waals surface area (Å²) in [6.07, 6.45) is 1.49. The van der Waals surface area contributed by atoms with Crippen molar-refractivity contribution >= 4 is 28.4 Å². The van der Waals surface area contributed by atoms with Crippen molar-refractivity contribution in [1.29, 1.82) is 0 Å². The third kappa shape index (κ3) is 4.44. The molecule has 0 bridgehead atoms. The van der Waals surface area contributed by atoms with Gasteiger partial charge in [-0.05, 0) is 44.0 Å². The highest BCUT2D eigenvalue weighted by molar-refractivity contribution is 5.95. The van der Waals surface area contributed by atoms with Crippen LogP contribution < -0.4 is 15.0 Å². The molecular weight excluding hydrogens is 424 g/mol. The lowest BCUT2D eigenvalue weighted by atomic mass is 9.96. The maximum absolute atomic E-state index is 12.9. The van der Waals surface area contributed by atoms with Crippen molar-refractivity contribution in [3.05, 3.63) is 78.4 Å². The molecule has 0 aliphatic carbocycles. The summed E-state index contributed by atoms with van der Waals surface area (Å²) in [5.41, 5.74) is 4.85. The molecular formula is C28H28N4O2. The fourth-order valence-electron chi connectivity index (χ4n) is 4.51. The minimum Gasteiger partial charge on any atom is -0.495 e. The van der Waals surface area contributed by atoms with E-state index in [-0.39, 0.29) is 11.8 Å². The van der Waals surface area contributed by atoms with E-state index < -0.39 is 0 Å². The lowest BCUT2D eigenvalue weighted by Gasteiger charge is -2.31. The average Bonchev–Trinajstić information content (AvgIpc) is 2.89. The smallest absolute Gasteiger partial charge is 0.227 e. The fraction of sp³-hybridized carbons (Fsp3) is 0.250. The molecule has 4 aromatic rings. The number of hydrogen-bond donors (Lipinski definition) is 1. The van der Waals surface area contributed by atoms with Crippen molar-refractivity contribution < 1.29 is 9.53 Å². The number of carbonyl (C=O) groups is 1. The van der Waals surface area contributed by atoms with Crippen LogP contribution >= 0.6 is 0 Å². The van der Waals surface area contributed by atoms with E-state index in [9.17, 15) is 4.79 Å². The van der Waals surface area contributed by atoms with Crippen LogP contribution in [-0.2, 0) is 4.79 Å². The third-order valence-electron chi connectivity index (χ3n) is 6.40. The Bertz CT molecular complexity index is 1310. The highest BCUT2D eigenvalue weighted by atomic mass is 16.5. The molecule has 172 valence electrons. The van der Waals surface area contributed by atoms with Crippen LogP contribution in [0.3, 0.4) is 0 Å². The molecule has 0 unspecified atom stereocenters.